The van der Waals surface area contributed by atoms with Crippen LogP contribution < -0.4 is 4.90 Å². The highest BCUT2D eigenvalue weighted by Gasteiger charge is 2.37. The zero-order valence-electron chi connectivity index (χ0n) is 13.6. The number of carbonyl (C=O) groups excluding carboxylic acids is 3. The summed E-state index contributed by atoms with van der Waals surface area (Å²) in [6.45, 7) is 0. The Labute approximate surface area is 150 Å². The number of barbiturate groups is 1. The largest absolute Gasteiger partial charge is 0.378 e. The molecule has 1 aromatic rings. The van der Waals surface area contributed by atoms with Crippen LogP contribution in [0.15, 0.2) is 42.0 Å². The van der Waals surface area contributed by atoms with Gasteiger partial charge in [0.15, 0.2) is 0 Å². The second-order valence-electron chi connectivity index (χ2n) is 5.44. The highest BCUT2D eigenvalue weighted by atomic mass is 16.2. The van der Waals surface area contributed by atoms with Gasteiger partial charge in [-0.2, -0.15) is 0 Å². The SMILES string of the molecule is C.C.CN1C(=O)C(=CC=Cc2ccc(N(C)C)cc2)C(=O)N(C)C1=O. The summed E-state index contributed by atoms with van der Waals surface area (Å²) in [7, 11) is 6.63. The van der Waals surface area contributed by atoms with Crippen LogP contribution in [0.3, 0.4) is 0 Å². The second-order valence-corrected chi connectivity index (χ2v) is 5.44. The highest BCUT2D eigenvalue weighted by molar-refractivity contribution is 6.28. The number of hydrogen-bond acceptors (Lipinski definition) is 4. The van der Waals surface area contributed by atoms with Gasteiger partial charge in [0.05, 0.1) is 0 Å². The average Bonchev–Trinajstić information content (AvgIpc) is 2.54. The molecule has 0 saturated carbocycles. The molecule has 1 aliphatic heterocycles. The molecule has 0 atom stereocenters. The summed E-state index contributed by atoms with van der Waals surface area (Å²) in [5.41, 5.74) is 2.00. The van der Waals surface area contributed by atoms with Gasteiger partial charge in [-0.1, -0.05) is 39.1 Å². The molecule has 1 fully saturated rings. The Balaban J connectivity index is 0.00000288. The number of carbonyl (C=O) groups is 3. The van der Waals surface area contributed by atoms with Crippen molar-refractivity contribution < 1.29 is 14.4 Å². The van der Waals surface area contributed by atoms with Crippen molar-refractivity contribution in [2.75, 3.05) is 33.1 Å². The van der Waals surface area contributed by atoms with Crippen LogP contribution in [0.2, 0.25) is 0 Å². The van der Waals surface area contributed by atoms with Crippen molar-refractivity contribution in [3.8, 4) is 0 Å². The maximum absolute atomic E-state index is 12.0. The fraction of sp³-hybridized carbons (Fsp3) is 0.316. The number of hydrogen-bond donors (Lipinski definition) is 0. The maximum atomic E-state index is 12.0. The van der Waals surface area contributed by atoms with Crippen LogP contribution in [0.1, 0.15) is 20.4 Å². The van der Waals surface area contributed by atoms with Gasteiger partial charge < -0.3 is 4.90 Å². The van der Waals surface area contributed by atoms with E-state index >= 15 is 0 Å². The number of nitrogens with zero attached hydrogens (tertiary/aromatic N) is 3. The van der Waals surface area contributed by atoms with E-state index in [9.17, 15) is 14.4 Å². The first-order valence-corrected chi connectivity index (χ1v) is 7.08. The second kappa shape index (κ2) is 8.82. The zero-order chi connectivity index (χ0) is 17.1. The van der Waals surface area contributed by atoms with Crippen LogP contribution in [0.4, 0.5) is 10.5 Å². The van der Waals surface area contributed by atoms with Crippen LogP contribution >= 0.6 is 0 Å². The van der Waals surface area contributed by atoms with Gasteiger partial charge in [-0.15, -0.1) is 0 Å². The molecule has 1 heterocycles. The Bertz CT molecular complexity index is 677. The number of anilines is 1. The molecule has 0 radical (unpaired) electrons. The number of likely N-dealkylation sites (N-methyl/N-ethyl adjacent to an activating group) is 2. The smallest absolute Gasteiger partial charge is 0.333 e. The molecule has 136 valence electrons. The Morgan fingerprint density at radius 3 is 1.80 bits per heavy atom. The fourth-order valence-corrected chi connectivity index (χ4v) is 2.13. The van der Waals surface area contributed by atoms with Gasteiger partial charge in [-0.3, -0.25) is 19.4 Å². The molecule has 0 aliphatic carbocycles. The number of urea groups is 1. The molecule has 4 amide bonds. The number of rotatable bonds is 3. The van der Waals surface area contributed by atoms with Crippen molar-refractivity contribution >= 4 is 29.6 Å². The molecular weight excluding hydrogens is 318 g/mol. The predicted octanol–water partition coefficient (Wildman–Crippen LogP) is 3.01. The van der Waals surface area contributed by atoms with Crippen molar-refractivity contribution in [3.63, 3.8) is 0 Å². The third-order valence-electron chi connectivity index (χ3n) is 3.61. The Morgan fingerprint density at radius 2 is 1.36 bits per heavy atom. The summed E-state index contributed by atoms with van der Waals surface area (Å²) < 4.78 is 0. The monoisotopic (exact) mass is 345 g/mol. The predicted molar refractivity (Wildman–Crippen MR) is 102 cm³/mol. The van der Waals surface area contributed by atoms with Crippen LogP contribution in [0.5, 0.6) is 0 Å². The molecule has 0 bridgehead atoms. The lowest BCUT2D eigenvalue weighted by molar-refractivity contribution is -0.134. The van der Waals surface area contributed by atoms with E-state index in [2.05, 4.69) is 0 Å². The molecule has 0 unspecified atom stereocenters. The van der Waals surface area contributed by atoms with Crippen molar-refractivity contribution in [1.29, 1.82) is 0 Å². The Hall–Kier alpha value is -2.89. The molecule has 0 aromatic heterocycles. The number of amides is 4. The van der Waals surface area contributed by atoms with Crippen LogP contribution in [0, 0.1) is 0 Å². The molecule has 2 rings (SSSR count). The van der Waals surface area contributed by atoms with Crippen molar-refractivity contribution in [2.45, 2.75) is 14.9 Å². The zero-order valence-corrected chi connectivity index (χ0v) is 13.6. The first kappa shape index (κ1) is 22.1. The van der Waals surface area contributed by atoms with E-state index < -0.39 is 17.8 Å². The molecule has 1 saturated heterocycles. The summed E-state index contributed by atoms with van der Waals surface area (Å²) in [5, 5.41) is 0. The average molecular weight is 345 g/mol. The lowest BCUT2D eigenvalue weighted by Crippen LogP contribution is -2.52. The van der Waals surface area contributed by atoms with Gasteiger partial charge in [0.2, 0.25) is 0 Å². The summed E-state index contributed by atoms with van der Waals surface area (Å²) >= 11 is 0. The van der Waals surface area contributed by atoms with Gasteiger partial charge >= 0.3 is 6.03 Å². The van der Waals surface area contributed by atoms with Gasteiger partial charge in [0.25, 0.3) is 11.8 Å². The first-order chi connectivity index (χ1) is 10.8. The van der Waals surface area contributed by atoms with E-state index in [0.29, 0.717) is 0 Å². The minimum atomic E-state index is -0.625. The molecule has 6 heteroatoms. The minimum Gasteiger partial charge on any atom is -0.378 e. The lowest BCUT2D eigenvalue weighted by atomic mass is 10.1. The van der Waals surface area contributed by atoms with E-state index in [-0.39, 0.29) is 20.4 Å². The summed E-state index contributed by atoms with van der Waals surface area (Å²) in [5.74, 6) is -1.18. The van der Waals surface area contributed by atoms with E-state index in [1.54, 1.807) is 12.2 Å². The maximum Gasteiger partial charge on any atom is 0.333 e. The van der Waals surface area contributed by atoms with Gasteiger partial charge in [0.1, 0.15) is 5.57 Å². The summed E-state index contributed by atoms with van der Waals surface area (Å²) in [6, 6.07) is 7.21. The quantitative estimate of drug-likeness (QED) is 0.624. The third-order valence-corrected chi connectivity index (χ3v) is 3.61. The molecule has 6 nitrogen and oxygen atoms in total. The number of imide groups is 2. The van der Waals surface area contributed by atoms with Gasteiger partial charge in [-0.25, -0.2) is 4.79 Å². The molecule has 25 heavy (non-hydrogen) atoms. The molecular formula is C19H27N3O3. The van der Waals surface area contributed by atoms with Crippen molar-refractivity contribution in [2.24, 2.45) is 0 Å². The van der Waals surface area contributed by atoms with E-state index in [4.69, 9.17) is 0 Å². The minimum absolute atomic E-state index is 0. The van der Waals surface area contributed by atoms with Crippen LogP contribution in [-0.2, 0) is 9.59 Å². The van der Waals surface area contributed by atoms with E-state index in [1.165, 1.54) is 20.2 Å². The molecule has 0 spiro atoms. The Kier molecular flexibility index (Phi) is 7.80. The molecule has 1 aliphatic rings. The number of allylic oxidation sites excluding steroid dienone is 2. The van der Waals surface area contributed by atoms with E-state index in [0.717, 1.165) is 21.1 Å². The number of benzene rings is 1. The fourth-order valence-electron chi connectivity index (χ4n) is 2.13. The third kappa shape index (κ3) is 4.56. The summed E-state index contributed by atoms with van der Waals surface area (Å²) in [4.78, 5) is 39.5. The lowest BCUT2D eigenvalue weighted by Gasteiger charge is -2.28. The Morgan fingerprint density at radius 1 is 0.880 bits per heavy atom. The van der Waals surface area contributed by atoms with Gasteiger partial charge in [-0.05, 0) is 23.8 Å². The summed E-state index contributed by atoms with van der Waals surface area (Å²) in [6.07, 6.45) is 4.86. The van der Waals surface area contributed by atoms with E-state index in [1.807, 2.05) is 43.3 Å². The highest BCUT2D eigenvalue weighted by Crippen LogP contribution is 2.16. The van der Waals surface area contributed by atoms with Crippen molar-refractivity contribution in [1.82, 2.24) is 9.80 Å². The standard InChI is InChI=1S/C17H19N3O3.2CH4/c1-18(2)13-10-8-12(9-11-13)6-5-7-14-15(21)19(3)17(23)20(4)16(14)22;;/h5-11H,1-4H3;2*1H4. The van der Waals surface area contributed by atoms with Crippen LogP contribution in [0.25, 0.3) is 6.08 Å². The van der Waals surface area contributed by atoms with Gasteiger partial charge in [0, 0.05) is 33.9 Å². The topological polar surface area (TPSA) is 60.9 Å². The first-order valence-electron chi connectivity index (χ1n) is 7.08. The molecule has 1 aromatic carbocycles. The van der Waals surface area contributed by atoms with Crippen LogP contribution in [-0.4, -0.2) is 55.8 Å². The van der Waals surface area contributed by atoms with Crippen molar-refractivity contribution in [3.05, 3.63) is 47.6 Å². The normalized spacial score (nSPS) is 14.4. The molecule has 0 N–H and O–H groups in total.